The van der Waals surface area contributed by atoms with Crippen LogP contribution in [0.1, 0.15) is 0 Å². The van der Waals surface area contributed by atoms with Gasteiger partial charge in [0, 0.05) is 43.2 Å². The zero-order chi connectivity index (χ0) is 30.6. The topological polar surface area (TPSA) is 38.7 Å². The molecule has 0 bridgehead atoms. The first-order valence-electron chi connectivity index (χ1n) is 14.6. The Hall–Kier alpha value is -5.59. The molecule has 0 aliphatic carbocycles. The van der Waals surface area contributed by atoms with Crippen molar-refractivity contribution in [3.8, 4) is 33.4 Å². The summed E-state index contributed by atoms with van der Waals surface area (Å²) >= 11 is 0. The van der Waals surface area contributed by atoms with Gasteiger partial charge >= 0.3 is 0 Å². The summed E-state index contributed by atoms with van der Waals surface area (Å²) in [5, 5.41) is 3.63. The van der Waals surface area contributed by atoms with Crippen LogP contribution in [0.5, 0.6) is 0 Å². The summed E-state index contributed by atoms with van der Waals surface area (Å²) in [7, 11) is -3.26. The average Bonchev–Trinajstić information content (AvgIpc) is 3.10. The van der Waals surface area contributed by atoms with Gasteiger partial charge in [0.15, 0.2) is 8.07 Å². The average molecular weight is 604 g/mol. The number of rotatable bonds is 7. The third-order valence-electron chi connectivity index (χ3n) is 8.23. The summed E-state index contributed by atoms with van der Waals surface area (Å²) < 4.78 is 30.2. The van der Waals surface area contributed by atoms with E-state index in [0.29, 0.717) is 5.19 Å². The molecule has 0 fully saturated rings. The van der Waals surface area contributed by atoms with E-state index in [9.17, 15) is 0 Å². The molecule has 6 heteroatoms. The fourth-order valence-corrected chi connectivity index (χ4v) is 10.8. The van der Waals surface area contributed by atoms with Gasteiger partial charge in [0.2, 0.25) is 0 Å². The predicted octanol–water partition coefficient (Wildman–Crippen LogP) is 6.53. The SMILES string of the molecule is Fc1cc(F)cc([Si](c2ccc(-c3cccnc3)cc2)(c2ccc(-c3cccnc3)cc2)c2ccc(-c3cccnc3)cc2)c1. The predicted molar refractivity (Wildman–Crippen MR) is 180 cm³/mol. The van der Waals surface area contributed by atoms with Crippen molar-refractivity contribution in [1.29, 1.82) is 0 Å². The van der Waals surface area contributed by atoms with Gasteiger partial charge in [0.05, 0.1) is 0 Å². The molecule has 216 valence electrons. The first-order chi connectivity index (χ1) is 22.1. The first-order valence-corrected chi connectivity index (χ1v) is 16.6. The Morgan fingerprint density at radius 1 is 0.356 bits per heavy atom. The zero-order valence-electron chi connectivity index (χ0n) is 24.2. The molecule has 0 aliphatic heterocycles. The summed E-state index contributed by atoms with van der Waals surface area (Å²) in [5.41, 5.74) is 6.02. The van der Waals surface area contributed by atoms with Crippen molar-refractivity contribution in [2.75, 3.05) is 0 Å². The van der Waals surface area contributed by atoms with Crippen molar-refractivity contribution in [3.63, 3.8) is 0 Å². The van der Waals surface area contributed by atoms with Crippen LogP contribution in [0.25, 0.3) is 33.4 Å². The quantitative estimate of drug-likeness (QED) is 0.154. The first kappa shape index (κ1) is 28.2. The van der Waals surface area contributed by atoms with E-state index in [1.165, 1.54) is 12.1 Å². The lowest BCUT2D eigenvalue weighted by Crippen LogP contribution is -2.74. The maximum atomic E-state index is 15.1. The lowest BCUT2D eigenvalue weighted by molar-refractivity contribution is 0.585. The summed E-state index contributed by atoms with van der Waals surface area (Å²) in [5.74, 6) is -1.21. The number of benzene rings is 4. The highest BCUT2D eigenvalue weighted by atomic mass is 28.3. The second-order valence-corrected chi connectivity index (χ2v) is 14.7. The van der Waals surface area contributed by atoms with Crippen molar-refractivity contribution < 1.29 is 8.78 Å². The maximum Gasteiger partial charge on any atom is 0.179 e. The number of pyridine rings is 3. The minimum atomic E-state index is -3.26. The lowest BCUT2D eigenvalue weighted by atomic mass is 10.1. The Labute approximate surface area is 261 Å². The fraction of sp³-hybridized carbons (Fsp3) is 0. The summed E-state index contributed by atoms with van der Waals surface area (Å²) in [6.07, 6.45) is 10.7. The normalized spacial score (nSPS) is 11.3. The van der Waals surface area contributed by atoms with Crippen molar-refractivity contribution in [3.05, 3.63) is 176 Å². The molecule has 45 heavy (non-hydrogen) atoms. The van der Waals surface area contributed by atoms with Crippen LogP contribution in [0.4, 0.5) is 8.78 Å². The van der Waals surface area contributed by atoms with Crippen LogP contribution in [0.15, 0.2) is 165 Å². The molecule has 0 unspecified atom stereocenters. The van der Waals surface area contributed by atoms with Gasteiger partial charge in [-0.1, -0.05) is 91.0 Å². The summed E-state index contributed by atoms with van der Waals surface area (Å²) in [6.45, 7) is 0. The molecule has 0 saturated carbocycles. The smallest absolute Gasteiger partial charge is 0.179 e. The van der Waals surface area contributed by atoms with E-state index in [1.807, 2.05) is 55.0 Å². The summed E-state index contributed by atoms with van der Waals surface area (Å²) in [6, 6.07) is 40.7. The zero-order valence-corrected chi connectivity index (χ0v) is 25.2. The van der Waals surface area contributed by atoms with E-state index in [-0.39, 0.29) is 0 Å². The summed E-state index contributed by atoms with van der Waals surface area (Å²) in [4.78, 5) is 12.8. The van der Waals surface area contributed by atoms with Crippen molar-refractivity contribution in [2.45, 2.75) is 0 Å². The Morgan fingerprint density at radius 2 is 0.689 bits per heavy atom. The Morgan fingerprint density at radius 3 is 0.978 bits per heavy atom. The van der Waals surface area contributed by atoms with Crippen molar-refractivity contribution >= 4 is 28.8 Å². The Balaban J connectivity index is 1.48. The van der Waals surface area contributed by atoms with Gasteiger partial charge in [0.1, 0.15) is 11.6 Å². The van der Waals surface area contributed by atoms with Crippen LogP contribution in [0, 0.1) is 11.6 Å². The molecule has 0 N–H and O–H groups in total. The van der Waals surface area contributed by atoms with E-state index in [1.54, 1.807) is 18.6 Å². The van der Waals surface area contributed by atoms with Gasteiger partial charge in [-0.15, -0.1) is 0 Å². The molecule has 0 amide bonds. The second kappa shape index (κ2) is 12.2. The molecule has 0 saturated heterocycles. The van der Waals surface area contributed by atoms with Gasteiger partial charge in [-0.3, -0.25) is 15.0 Å². The maximum absolute atomic E-state index is 15.1. The molecule has 0 spiro atoms. The minimum Gasteiger partial charge on any atom is -0.264 e. The Bertz CT molecular complexity index is 1820. The van der Waals surface area contributed by atoms with Crippen LogP contribution in [0.3, 0.4) is 0 Å². The molecule has 7 rings (SSSR count). The Kier molecular flexibility index (Phi) is 7.64. The molecular formula is C39H27F2N3Si. The van der Waals surface area contributed by atoms with Crippen molar-refractivity contribution in [2.24, 2.45) is 0 Å². The van der Waals surface area contributed by atoms with E-state index in [4.69, 9.17) is 0 Å². The highest BCUT2D eigenvalue weighted by Gasteiger charge is 2.42. The molecule has 3 aromatic heterocycles. The van der Waals surface area contributed by atoms with Gasteiger partial charge < -0.3 is 0 Å². The molecule has 4 aromatic carbocycles. The largest absolute Gasteiger partial charge is 0.264 e. The monoisotopic (exact) mass is 603 g/mol. The van der Waals surface area contributed by atoms with Crippen LogP contribution >= 0.6 is 0 Å². The van der Waals surface area contributed by atoms with Crippen LogP contribution in [0.2, 0.25) is 0 Å². The van der Waals surface area contributed by atoms with Crippen LogP contribution < -0.4 is 20.7 Å². The van der Waals surface area contributed by atoms with E-state index in [0.717, 1.165) is 55.0 Å². The molecule has 7 aromatic rings. The third kappa shape index (κ3) is 5.48. The lowest BCUT2D eigenvalue weighted by Gasteiger charge is -2.35. The van der Waals surface area contributed by atoms with Gasteiger partial charge in [-0.2, -0.15) is 0 Å². The minimum absolute atomic E-state index is 0.604. The number of nitrogens with zero attached hydrogens (tertiary/aromatic N) is 3. The molecule has 0 atom stereocenters. The molecule has 3 nitrogen and oxygen atoms in total. The molecular weight excluding hydrogens is 577 g/mol. The van der Waals surface area contributed by atoms with Crippen molar-refractivity contribution in [1.82, 2.24) is 15.0 Å². The highest BCUT2D eigenvalue weighted by molar-refractivity contribution is 7.19. The number of hydrogen-bond donors (Lipinski definition) is 0. The van der Waals surface area contributed by atoms with Crippen LogP contribution in [-0.2, 0) is 0 Å². The van der Waals surface area contributed by atoms with Gasteiger partial charge in [0.25, 0.3) is 0 Å². The number of hydrogen-bond acceptors (Lipinski definition) is 3. The number of halogens is 2. The molecule has 3 heterocycles. The molecule has 0 aliphatic rings. The number of aromatic nitrogens is 3. The van der Waals surface area contributed by atoms with E-state index < -0.39 is 19.7 Å². The van der Waals surface area contributed by atoms with E-state index >= 15 is 8.78 Å². The third-order valence-corrected chi connectivity index (χ3v) is 13.0. The fourth-order valence-electron chi connectivity index (χ4n) is 6.11. The van der Waals surface area contributed by atoms with Gasteiger partial charge in [-0.25, -0.2) is 8.78 Å². The second-order valence-electron chi connectivity index (χ2n) is 10.9. The van der Waals surface area contributed by atoms with E-state index in [2.05, 4.69) is 87.7 Å². The highest BCUT2D eigenvalue weighted by Crippen LogP contribution is 2.22. The van der Waals surface area contributed by atoms with Crippen LogP contribution in [-0.4, -0.2) is 23.0 Å². The standard InChI is InChI=1S/C39H27F2N3Si/c40-34-22-35(41)24-39(23-34)45(36-13-7-28(8-14-36)31-4-1-19-42-25-31,37-15-9-29(10-16-37)32-5-2-20-43-26-32)38-17-11-30(12-18-38)33-6-3-21-44-27-33/h1-27H. The van der Waals surface area contributed by atoms with Gasteiger partial charge in [-0.05, 0) is 84.5 Å². The molecule has 0 radical (unpaired) electrons.